The van der Waals surface area contributed by atoms with E-state index in [9.17, 15) is 0 Å². The quantitative estimate of drug-likeness (QED) is 0.710. The number of nitrogens with two attached hydrogens (primary N) is 1. The molecule has 0 bridgehead atoms. The molecule has 13 heavy (non-hydrogen) atoms. The summed E-state index contributed by atoms with van der Waals surface area (Å²) in [4.78, 5) is 7.75. The van der Waals surface area contributed by atoms with Gasteiger partial charge in [0.2, 0.25) is 5.95 Å². The zero-order valence-corrected chi connectivity index (χ0v) is 8.25. The third-order valence-electron chi connectivity index (χ3n) is 1.43. The number of nitriles is 1. The lowest BCUT2D eigenvalue weighted by molar-refractivity contribution is 1.08. The van der Waals surface area contributed by atoms with Gasteiger partial charge in [0.15, 0.2) is 0 Å². The van der Waals surface area contributed by atoms with Gasteiger partial charge in [0.1, 0.15) is 17.9 Å². The molecule has 5 heteroatoms. The van der Waals surface area contributed by atoms with Crippen LogP contribution in [0.4, 0.5) is 5.95 Å². The lowest BCUT2D eigenvalue weighted by Gasteiger charge is -1.97. The fraction of sp³-hybridized carbons (Fsp3) is 0.250. The second-order valence-electron chi connectivity index (χ2n) is 2.71. The summed E-state index contributed by atoms with van der Waals surface area (Å²) in [5.74, 6) is 0.214. The Bertz CT molecular complexity index is 380. The molecule has 1 unspecified atom stereocenters. The number of hydrogen-bond acceptors (Lipinski definition) is 4. The third-order valence-corrected chi connectivity index (χ3v) is 2.27. The minimum Gasteiger partial charge on any atom is -0.368 e. The molecular weight excluding hydrogens is 183 g/mol. The average molecular weight is 193 g/mol. The van der Waals surface area contributed by atoms with Crippen LogP contribution in [0.2, 0.25) is 0 Å². The zero-order valence-electron chi connectivity index (χ0n) is 7.36. The lowest BCUT2D eigenvalue weighted by Crippen LogP contribution is -2.00. The summed E-state index contributed by atoms with van der Waals surface area (Å²) in [6.45, 7) is 2.02. The van der Waals surface area contributed by atoms with Crippen LogP contribution in [0.15, 0.2) is 6.20 Å². The first kappa shape index (κ1) is 9.63. The van der Waals surface area contributed by atoms with Crippen molar-refractivity contribution in [3.8, 4) is 6.07 Å². The number of rotatable bonds is 2. The van der Waals surface area contributed by atoms with E-state index in [1.165, 1.54) is 6.20 Å². The van der Waals surface area contributed by atoms with E-state index in [1.807, 2.05) is 12.7 Å². The lowest BCUT2D eigenvalue weighted by atomic mass is 10.3. The molecule has 0 fully saturated rings. The maximum Gasteiger partial charge on any atom is 0.220 e. The Kier molecular flexibility index (Phi) is 2.94. The molecule has 1 aromatic rings. The molecule has 0 saturated heterocycles. The van der Waals surface area contributed by atoms with Gasteiger partial charge in [0.25, 0.3) is 0 Å². The van der Waals surface area contributed by atoms with Crippen LogP contribution in [0.25, 0.3) is 0 Å². The van der Waals surface area contributed by atoms with E-state index in [0.717, 1.165) is 0 Å². The van der Waals surface area contributed by atoms with Crippen molar-refractivity contribution in [2.24, 2.45) is 0 Å². The maximum atomic E-state index is 8.74. The minimum absolute atomic E-state index is 0.214. The summed E-state index contributed by atoms with van der Waals surface area (Å²) in [6, 6.07) is 2.03. The molecular formula is C8H10N4P+. The van der Waals surface area contributed by atoms with Gasteiger partial charge in [-0.05, 0) is 0 Å². The van der Waals surface area contributed by atoms with Gasteiger partial charge in [0, 0.05) is 0 Å². The van der Waals surface area contributed by atoms with Crippen LogP contribution in [0.1, 0.15) is 11.3 Å². The molecule has 2 N–H and O–H groups in total. The van der Waals surface area contributed by atoms with Crippen molar-refractivity contribution in [3.63, 3.8) is 0 Å². The van der Waals surface area contributed by atoms with Crippen molar-refractivity contribution in [2.75, 3.05) is 12.4 Å². The van der Waals surface area contributed by atoms with Gasteiger partial charge in [-0.3, -0.25) is 0 Å². The Morgan fingerprint density at radius 3 is 3.00 bits per heavy atom. The van der Waals surface area contributed by atoms with Crippen molar-refractivity contribution >= 4 is 19.8 Å². The molecule has 1 aromatic heterocycles. The monoisotopic (exact) mass is 193 g/mol. The first-order chi connectivity index (χ1) is 6.13. The minimum atomic E-state index is -0.358. The molecule has 0 spiro atoms. The Balaban J connectivity index is 3.10. The van der Waals surface area contributed by atoms with Gasteiger partial charge in [-0.15, -0.1) is 0 Å². The molecule has 0 aliphatic carbocycles. The van der Waals surface area contributed by atoms with Crippen LogP contribution in [0.5, 0.6) is 0 Å². The Labute approximate surface area is 77.8 Å². The largest absolute Gasteiger partial charge is 0.368 e. The zero-order chi connectivity index (χ0) is 9.84. The van der Waals surface area contributed by atoms with Gasteiger partial charge >= 0.3 is 0 Å². The summed E-state index contributed by atoms with van der Waals surface area (Å²) in [5.41, 5.74) is 6.61. The van der Waals surface area contributed by atoms with Gasteiger partial charge in [-0.25, -0.2) is 9.97 Å². The highest BCUT2D eigenvalue weighted by atomic mass is 31.1. The number of nitrogens with zero attached hydrogens (tertiary/aromatic N) is 3. The highest BCUT2D eigenvalue weighted by Gasteiger charge is 2.10. The first-order valence-corrected chi connectivity index (χ1v) is 5.82. The molecule has 1 atom stereocenters. The van der Waals surface area contributed by atoms with Crippen molar-refractivity contribution < 1.29 is 0 Å². The van der Waals surface area contributed by atoms with Gasteiger partial charge < -0.3 is 5.73 Å². The molecule has 1 rings (SSSR count). The van der Waals surface area contributed by atoms with E-state index in [-0.39, 0.29) is 13.5 Å². The highest BCUT2D eigenvalue weighted by molar-refractivity contribution is 7.54. The van der Waals surface area contributed by atoms with E-state index >= 15 is 0 Å². The Hall–Kier alpha value is -1.46. The van der Waals surface area contributed by atoms with E-state index in [0.29, 0.717) is 17.4 Å². The number of nitrogen functional groups attached to an aromatic ring is 1. The normalized spacial score (nSPS) is 10.6. The van der Waals surface area contributed by atoms with Gasteiger partial charge in [-0.1, -0.05) is 0 Å². The molecule has 0 saturated carbocycles. The highest BCUT2D eigenvalue weighted by Crippen LogP contribution is 2.21. The predicted molar refractivity (Wildman–Crippen MR) is 54.8 cm³/mol. The number of hydrogen-bond donors (Lipinski definition) is 1. The molecule has 4 nitrogen and oxygen atoms in total. The molecule has 0 amide bonds. The number of anilines is 1. The topological polar surface area (TPSA) is 75.6 Å². The van der Waals surface area contributed by atoms with Crippen molar-refractivity contribution in [2.45, 2.75) is 6.16 Å². The van der Waals surface area contributed by atoms with Crippen molar-refractivity contribution in [3.05, 3.63) is 17.5 Å². The van der Waals surface area contributed by atoms with Crippen LogP contribution in [-0.2, 0) is 6.16 Å². The van der Waals surface area contributed by atoms with Crippen molar-refractivity contribution in [1.29, 1.82) is 5.26 Å². The second kappa shape index (κ2) is 3.97. The molecule has 0 radical (unpaired) electrons. The predicted octanol–water partition coefficient (Wildman–Crippen LogP) is 0.974. The average Bonchev–Trinajstić information content (AvgIpc) is 2.03. The van der Waals surface area contributed by atoms with Gasteiger partial charge in [0.05, 0.1) is 32.3 Å². The fourth-order valence-electron chi connectivity index (χ4n) is 0.902. The van der Waals surface area contributed by atoms with Gasteiger partial charge in [-0.2, -0.15) is 5.26 Å². The summed E-state index contributed by atoms with van der Waals surface area (Å²) >= 11 is 0. The molecule has 0 aliphatic rings. The van der Waals surface area contributed by atoms with Crippen LogP contribution in [-0.4, -0.2) is 22.9 Å². The third kappa shape index (κ3) is 2.50. The summed E-state index contributed by atoms with van der Waals surface area (Å²) < 4.78 is 0. The summed E-state index contributed by atoms with van der Waals surface area (Å²) in [6.07, 6.45) is 6.06. The summed E-state index contributed by atoms with van der Waals surface area (Å²) in [7, 11) is -0.358. The van der Waals surface area contributed by atoms with Crippen LogP contribution in [0, 0.1) is 11.3 Å². The Morgan fingerprint density at radius 1 is 1.77 bits per heavy atom. The fourth-order valence-corrected chi connectivity index (χ4v) is 1.65. The molecule has 0 aromatic carbocycles. The van der Waals surface area contributed by atoms with E-state index < -0.39 is 0 Å². The van der Waals surface area contributed by atoms with E-state index in [4.69, 9.17) is 11.0 Å². The smallest absolute Gasteiger partial charge is 0.220 e. The maximum absolute atomic E-state index is 8.74. The van der Waals surface area contributed by atoms with Crippen molar-refractivity contribution in [1.82, 2.24) is 9.97 Å². The molecule has 1 heterocycles. The molecule has 0 aliphatic heterocycles. The standard InChI is InChI=1S/C8H10N4P/c1-13(2)5-7-6(3-9)4-11-8(10)12-7/h4H,1,5H2,2H3,(H2,10,11,12)/q+1. The van der Waals surface area contributed by atoms with Crippen LogP contribution < -0.4 is 5.73 Å². The SMILES string of the molecule is C=[P+](C)Cc1nc(N)ncc1C#N. The Morgan fingerprint density at radius 2 is 2.46 bits per heavy atom. The first-order valence-electron chi connectivity index (χ1n) is 3.66. The molecule has 66 valence electrons. The second-order valence-corrected chi connectivity index (χ2v) is 4.74. The number of aromatic nitrogens is 2. The summed E-state index contributed by atoms with van der Waals surface area (Å²) in [5, 5.41) is 8.74. The van der Waals surface area contributed by atoms with Crippen LogP contribution in [0.3, 0.4) is 0 Å². The van der Waals surface area contributed by atoms with Crippen LogP contribution >= 0.6 is 7.55 Å². The van der Waals surface area contributed by atoms with E-state index in [2.05, 4.69) is 16.3 Å². The van der Waals surface area contributed by atoms with E-state index in [1.54, 1.807) is 0 Å².